The van der Waals surface area contributed by atoms with Gasteiger partial charge in [0.1, 0.15) is 23.5 Å². The summed E-state index contributed by atoms with van der Waals surface area (Å²) in [6.45, 7) is 0. The third-order valence-electron chi connectivity index (χ3n) is 2.92. The van der Waals surface area contributed by atoms with Gasteiger partial charge in [-0.1, -0.05) is 30.3 Å². The van der Waals surface area contributed by atoms with Gasteiger partial charge in [-0.25, -0.2) is 9.50 Å². The summed E-state index contributed by atoms with van der Waals surface area (Å²) in [5, 5.41) is 22.6. The van der Waals surface area contributed by atoms with E-state index >= 15 is 0 Å². The summed E-state index contributed by atoms with van der Waals surface area (Å²) in [4.78, 5) is 4.11. The van der Waals surface area contributed by atoms with E-state index in [1.54, 1.807) is 6.07 Å². The van der Waals surface area contributed by atoms with E-state index < -0.39 is 0 Å². The van der Waals surface area contributed by atoms with Crippen LogP contribution in [0.15, 0.2) is 36.4 Å². The Hall–Kier alpha value is -3.38. The van der Waals surface area contributed by atoms with E-state index in [0.29, 0.717) is 11.3 Å². The van der Waals surface area contributed by atoms with Crippen LogP contribution in [-0.2, 0) is 0 Å². The Kier molecular flexibility index (Phi) is 2.56. The van der Waals surface area contributed by atoms with Gasteiger partial charge in [0.25, 0.3) is 0 Å². The highest BCUT2D eigenvalue weighted by Gasteiger charge is 2.15. The highest BCUT2D eigenvalue weighted by Crippen LogP contribution is 2.22. The number of hydrogen-bond donors (Lipinski definition) is 1. The first kappa shape index (κ1) is 11.7. The molecule has 0 saturated heterocycles. The van der Waals surface area contributed by atoms with Crippen molar-refractivity contribution >= 4 is 11.5 Å². The predicted molar refractivity (Wildman–Crippen MR) is 72.3 cm³/mol. The van der Waals surface area contributed by atoms with Crippen LogP contribution in [-0.4, -0.2) is 14.6 Å². The molecular formula is C14H8N6. The summed E-state index contributed by atoms with van der Waals surface area (Å²) in [6.07, 6.45) is 0. The first-order chi connectivity index (χ1) is 9.74. The maximum absolute atomic E-state index is 9.21. The molecule has 0 bridgehead atoms. The Morgan fingerprint density at radius 3 is 2.50 bits per heavy atom. The molecule has 0 fully saturated rings. The van der Waals surface area contributed by atoms with Crippen LogP contribution >= 0.6 is 0 Å². The van der Waals surface area contributed by atoms with E-state index in [1.165, 1.54) is 4.52 Å². The molecule has 1 aromatic carbocycles. The molecule has 0 radical (unpaired) electrons. The number of aromatic nitrogens is 3. The molecule has 0 amide bonds. The van der Waals surface area contributed by atoms with E-state index in [4.69, 9.17) is 11.0 Å². The van der Waals surface area contributed by atoms with Crippen LogP contribution in [0, 0.1) is 22.7 Å². The monoisotopic (exact) mass is 260 g/mol. The van der Waals surface area contributed by atoms with Crippen LogP contribution < -0.4 is 5.73 Å². The summed E-state index contributed by atoms with van der Waals surface area (Å²) >= 11 is 0. The third-order valence-corrected chi connectivity index (χ3v) is 2.92. The van der Waals surface area contributed by atoms with Crippen LogP contribution in [0.25, 0.3) is 16.9 Å². The Morgan fingerprint density at radius 2 is 1.85 bits per heavy atom. The van der Waals surface area contributed by atoms with Crippen LogP contribution in [0.2, 0.25) is 0 Å². The molecule has 3 aromatic rings. The molecule has 0 unspecified atom stereocenters. The van der Waals surface area contributed by atoms with Crippen molar-refractivity contribution in [3.05, 3.63) is 47.7 Å². The Bertz CT molecular complexity index is 880. The van der Waals surface area contributed by atoms with Gasteiger partial charge in [0.05, 0.1) is 5.69 Å². The molecule has 2 heterocycles. The Morgan fingerprint density at radius 1 is 1.10 bits per heavy atom. The fourth-order valence-electron chi connectivity index (χ4n) is 1.99. The third kappa shape index (κ3) is 1.64. The number of anilines is 1. The molecule has 6 heteroatoms. The second kappa shape index (κ2) is 4.38. The van der Waals surface area contributed by atoms with E-state index in [0.717, 1.165) is 5.56 Å². The minimum atomic E-state index is 0.0380. The quantitative estimate of drug-likeness (QED) is 0.717. The molecule has 2 aromatic heterocycles. The molecule has 6 nitrogen and oxygen atoms in total. The molecule has 3 rings (SSSR count). The first-order valence-electron chi connectivity index (χ1n) is 5.79. The molecule has 0 saturated carbocycles. The number of rotatable bonds is 1. The fourth-order valence-corrected chi connectivity index (χ4v) is 1.99. The van der Waals surface area contributed by atoms with Crippen molar-refractivity contribution in [1.82, 2.24) is 14.6 Å². The van der Waals surface area contributed by atoms with E-state index in [1.807, 2.05) is 42.5 Å². The van der Waals surface area contributed by atoms with Crippen LogP contribution in [0.5, 0.6) is 0 Å². The number of fused-ring (bicyclic) bond motifs is 1. The second-order valence-electron chi connectivity index (χ2n) is 4.11. The lowest BCUT2D eigenvalue weighted by Crippen LogP contribution is -2.05. The van der Waals surface area contributed by atoms with Crippen LogP contribution in [0.1, 0.15) is 11.3 Å². The molecule has 20 heavy (non-hydrogen) atoms. The predicted octanol–water partition coefficient (Wildman–Crippen LogP) is 1.72. The molecule has 94 valence electrons. The smallest absolute Gasteiger partial charge is 0.166 e. The van der Waals surface area contributed by atoms with E-state index in [9.17, 15) is 5.26 Å². The summed E-state index contributed by atoms with van der Waals surface area (Å²) in [6, 6.07) is 15.1. The average molecular weight is 260 g/mol. The molecule has 0 atom stereocenters. The number of nitrogens with two attached hydrogens (primary N) is 1. The average Bonchev–Trinajstić information content (AvgIpc) is 2.90. The maximum Gasteiger partial charge on any atom is 0.166 e. The zero-order valence-corrected chi connectivity index (χ0v) is 10.3. The van der Waals surface area contributed by atoms with Gasteiger partial charge in [0.15, 0.2) is 11.3 Å². The minimum absolute atomic E-state index is 0.0380. The Labute approximate surface area is 114 Å². The molecule has 0 aliphatic heterocycles. The van der Waals surface area contributed by atoms with Crippen LogP contribution in [0.4, 0.5) is 5.82 Å². The lowest BCUT2D eigenvalue weighted by molar-refractivity contribution is 0.921. The van der Waals surface area contributed by atoms with Gasteiger partial charge in [-0.05, 0) is 0 Å². The van der Waals surface area contributed by atoms with Crippen molar-refractivity contribution in [3.63, 3.8) is 0 Å². The van der Waals surface area contributed by atoms with Crippen molar-refractivity contribution in [2.75, 3.05) is 5.73 Å². The summed E-state index contributed by atoms with van der Waals surface area (Å²) in [5.41, 5.74) is 7.85. The topological polar surface area (TPSA) is 104 Å². The minimum Gasteiger partial charge on any atom is -0.382 e. The highest BCUT2D eigenvalue weighted by atomic mass is 15.3. The first-order valence-corrected chi connectivity index (χ1v) is 5.79. The van der Waals surface area contributed by atoms with E-state index in [2.05, 4.69) is 10.1 Å². The van der Waals surface area contributed by atoms with E-state index in [-0.39, 0.29) is 17.1 Å². The summed E-state index contributed by atoms with van der Waals surface area (Å²) in [5.74, 6) is 0.0380. The lowest BCUT2D eigenvalue weighted by Gasteiger charge is -2.01. The lowest BCUT2D eigenvalue weighted by atomic mass is 10.2. The van der Waals surface area contributed by atoms with Gasteiger partial charge in [-0.3, -0.25) is 0 Å². The van der Waals surface area contributed by atoms with Crippen molar-refractivity contribution < 1.29 is 0 Å². The molecule has 0 aliphatic rings. The zero-order chi connectivity index (χ0) is 14.1. The number of nitriles is 2. The van der Waals surface area contributed by atoms with Crippen molar-refractivity contribution in [1.29, 1.82) is 10.5 Å². The molecular weight excluding hydrogens is 252 g/mol. The Balaban J connectivity index is 2.33. The van der Waals surface area contributed by atoms with Gasteiger partial charge in [0.2, 0.25) is 0 Å². The standard InChI is InChI=1S/C14H8N6/c15-7-10-12(8-16)20-13(18-14(10)17)6-11(19-20)9-4-2-1-3-5-9/h1-6H,(H2,17,18). The number of benzene rings is 1. The zero-order valence-electron chi connectivity index (χ0n) is 10.3. The fraction of sp³-hybridized carbons (Fsp3) is 0. The van der Waals surface area contributed by atoms with Crippen LogP contribution in [0.3, 0.4) is 0 Å². The highest BCUT2D eigenvalue weighted by molar-refractivity contribution is 5.67. The van der Waals surface area contributed by atoms with Gasteiger partial charge in [0, 0.05) is 11.6 Å². The van der Waals surface area contributed by atoms with Gasteiger partial charge < -0.3 is 5.73 Å². The normalized spacial score (nSPS) is 10.1. The number of nitrogen functional groups attached to an aromatic ring is 1. The molecule has 2 N–H and O–H groups in total. The maximum atomic E-state index is 9.21. The van der Waals surface area contributed by atoms with Crippen molar-refractivity contribution in [2.24, 2.45) is 0 Å². The van der Waals surface area contributed by atoms with Crippen molar-refractivity contribution in [3.8, 4) is 23.4 Å². The van der Waals surface area contributed by atoms with Gasteiger partial charge in [-0.15, -0.1) is 0 Å². The largest absolute Gasteiger partial charge is 0.382 e. The van der Waals surface area contributed by atoms with Crippen molar-refractivity contribution in [2.45, 2.75) is 0 Å². The molecule has 0 spiro atoms. The number of hydrogen-bond acceptors (Lipinski definition) is 5. The number of nitrogens with zero attached hydrogens (tertiary/aromatic N) is 5. The summed E-state index contributed by atoms with van der Waals surface area (Å²) < 4.78 is 1.34. The SMILES string of the molecule is N#Cc1c(N)nc2cc(-c3ccccc3)nn2c1C#N. The molecule has 0 aliphatic carbocycles. The summed E-state index contributed by atoms with van der Waals surface area (Å²) in [7, 11) is 0. The van der Waals surface area contributed by atoms with Gasteiger partial charge in [-0.2, -0.15) is 15.6 Å². The second-order valence-corrected chi connectivity index (χ2v) is 4.11. The van der Waals surface area contributed by atoms with Gasteiger partial charge >= 0.3 is 0 Å².